The zero-order chi connectivity index (χ0) is 13.4. The summed E-state index contributed by atoms with van der Waals surface area (Å²) in [6.07, 6.45) is 5.77. The molecule has 0 spiro atoms. The molecule has 1 N–H and O–H groups in total. The molecule has 0 aromatic carbocycles. The number of nitrogens with zero attached hydrogens (tertiary/aromatic N) is 1. The van der Waals surface area contributed by atoms with Crippen molar-refractivity contribution in [2.75, 3.05) is 19.0 Å². The van der Waals surface area contributed by atoms with Crippen molar-refractivity contribution in [3.63, 3.8) is 0 Å². The number of rotatable bonds is 8. The summed E-state index contributed by atoms with van der Waals surface area (Å²) in [7, 11) is 1.79. The maximum atomic E-state index is 11.9. The molecule has 1 aromatic rings. The second-order valence-corrected chi connectivity index (χ2v) is 5.05. The Morgan fingerprint density at radius 1 is 1.33 bits per heavy atom. The van der Waals surface area contributed by atoms with Gasteiger partial charge in [-0.25, -0.2) is 4.79 Å². The Morgan fingerprint density at radius 3 is 2.72 bits per heavy atom. The minimum Gasteiger partial charge on any atom is -0.462 e. The largest absolute Gasteiger partial charge is 0.462 e. The molecule has 1 heterocycles. The summed E-state index contributed by atoms with van der Waals surface area (Å²) < 4.78 is 9.43. The molecule has 0 saturated carbocycles. The van der Waals surface area contributed by atoms with Gasteiger partial charge in [0.2, 0.25) is 0 Å². The summed E-state index contributed by atoms with van der Waals surface area (Å²) in [4.78, 5) is 11.9. The van der Waals surface area contributed by atoms with E-state index in [4.69, 9.17) is 4.74 Å². The third-order valence-electron chi connectivity index (χ3n) is 2.77. The quantitative estimate of drug-likeness (QED) is 0.579. The van der Waals surface area contributed by atoms with Crippen LogP contribution in [0.1, 0.15) is 55.1 Å². The number of nitrogens with one attached hydrogen (secondary N) is 1. The molecule has 0 radical (unpaired) electrons. The average molecular weight is 270 g/mol. The zero-order valence-electron chi connectivity index (χ0n) is 11.4. The van der Waals surface area contributed by atoms with E-state index >= 15 is 0 Å². The van der Waals surface area contributed by atoms with E-state index in [2.05, 4.69) is 16.6 Å². The molecular weight excluding hydrogens is 248 g/mol. The van der Waals surface area contributed by atoms with Crippen molar-refractivity contribution >= 4 is 22.5 Å². The highest BCUT2D eigenvalue weighted by Crippen LogP contribution is 2.24. The average Bonchev–Trinajstić information content (AvgIpc) is 2.74. The standard InChI is InChI=1S/C13H22N2O2S/c1-4-5-6-7-8-9-17-13(16)11-10(2)15-18-12(11)14-3/h14H,4-9H2,1-3H3. The molecule has 0 aliphatic rings. The lowest BCUT2D eigenvalue weighted by Crippen LogP contribution is -2.09. The summed E-state index contributed by atoms with van der Waals surface area (Å²) in [5, 5.41) is 3.75. The summed E-state index contributed by atoms with van der Waals surface area (Å²) in [5.74, 6) is -0.263. The molecule has 0 aliphatic carbocycles. The second-order valence-electron chi connectivity index (χ2n) is 4.27. The first-order valence-electron chi connectivity index (χ1n) is 6.51. The van der Waals surface area contributed by atoms with Crippen LogP contribution in [0.25, 0.3) is 0 Å². The van der Waals surface area contributed by atoms with Gasteiger partial charge in [-0.2, -0.15) is 4.37 Å². The number of aromatic nitrogens is 1. The molecule has 5 heteroatoms. The molecule has 102 valence electrons. The normalized spacial score (nSPS) is 10.4. The van der Waals surface area contributed by atoms with Crippen LogP contribution in [-0.4, -0.2) is 24.0 Å². The van der Waals surface area contributed by atoms with E-state index in [-0.39, 0.29) is 5.97 Å². The molecule has 4 nitrogen and oxygen atoms in total. The number of esters is 1. The Balaban J connectivity index is 2.34. The van der Waals surface area contributed by atoms with Gasteiger partial charge >= 0.3 is 5.97 Å². The molecule has 0 bridgehead atoms. The molecule has 18 heavy (non-hydrogen) atoms. The summed E-state index contributed by atoms with van der Waals surface area (Å²) >= 11 is 1.29. The fraction of sp³-hybridized carbons (Fsp3) is 0.692. The SMILES string of the molecule is CCCCCCCOC(=O)c1c(C)nsc1NC. The smallest absolute Gasteiger partial charge is 0.343 e. The van der Waals surface area contributed by atoms with Crippen LogP contribution >= 0.6 is 11.5 Å². The lowest BCUT2D eigenvalue weighted by atomic mass is 10.2. The van der Waals surface area contributed by atoms with Gasteiger partial charge in [0.1, 0.15) is 10.6 Å². The van der Waals surface area contributed by atoms with E-state index in [1.807, 2.05) is 6.92 Å². The highest BCUT2D eigenvalue weighted by Gasteiger charge is 2.18. The Morgan fingerprint density at radius 2 is 2.06 bits per heavy atom. The predicted octanol–water partition coefficient (Wildman–Crippen LogP) is 3.62. The van der Waals surface area contributed by atoms with Gasteiger partial charge in [-0.15, -0.1) is 0 Å². The number of ether oxygens (including phenoxy) is 1. The summed E-state index contributed by atoms with van der Waals surface area (Å²) in [6, 6.07) is 0. The first-order chi connectivity index (χ1) is 8.70. The van der Waals surface area contributed by atoms with E-state index < -0.39 is 0 Å². The molecule has 0 unspecified atom stereocenters. The van der Waals surface area contributed by atoms with Crippen molar-refractivity contribution in [2.24, 2.45) is 0 Å². The molecule has 0 aliphatic heterocycles. The van der Waals surface area contributed by atoms with Crippen molar-refractivity contribution in [3.8, 4) is 0 Å². The van der Waals surface area contributed by atoms with Crippen LogP contribution in [0.15, 0.2) is 0 Å². The van der Waals surface area contributed by atoms with E-state index in [0.29, 0.717) is 12.2 Å². The minimum atomic E-state index is -0.263. The van der Waals surface area contributed by atoms with Crippen LogP contribution < -0.4 is 5.32 Å². The van der Waals surface area contributed by atoms with E-state index in [1.165, 1.54) is 30.8 Å². The molecular formula is C13H22N2O2S. The topological polar surface area (TPSA) is 51.2 Å². The predicted molar refractivity (Wildman–Crippen MR) is 75.4 cm³/mol. The lowest BCUT2D eigenvalue weighted by Gasteiger charge is -2.05. The van der Waals surface area contributed by atoms with E-state index in [1.54, 1.807) is 7.05 Å². The zero-order valence-corrected chi connectivity index (χ0v) is 12.2. The lowest BCUT2D eigenvalue weighted by molar-refractivity contribution is 0.0498. The first-order valence-corrected chi connectivity index (χ1v) is 7.29. The van der Waals surface area contributed by atoms with E-state index in [0.717, 1.165) is 23.5 Å². The Bertz CT molecular complexity index is 377. The number of hydrogen-bond donors (Lipinski definition) is 1. The van der Waals surface area contributed by atoms with E-state index in [9.17, 15) is 4.79 Å². The molecule has 1 rings (SSSR count). The van der Waals surface area contributed by atoms with Crippen LogP contribution in [-0.2, 0) is 4.74 Å². The second kappa shape index (κ2) is 8.08. The fourth-order valence-corrected chi connectivity index (χ4v) is 2.46. The fourth-order valence-electron chi connectivity index (χ4n) is 1.72. The number of anilines is 1. The number of hydrogen-bond acceptors (Lipinski definition) is 5. The van der Waals surface area contributed by atoms with Gasteiger partial charge in [-0.05, 0) is 24.9 Å². The maximum absolute atomic E-state index is 11.9. The number of aryl methyl sites for hydroxylation is 1. The van der Waals surface area contributed by atoms with Crippen molar-refractivity contribution in [1.82, 2.24) is 4.37 Å². The summed E-state index contributed by atoms with van der Waals surface area (Å²) in [5.41, 5.74) is 1.32. The third kappa shape index (κ3) is 4.29. The Labute approximate surface area is 113 Å². The van der Waals surface area contributed by atoms with Gasteiger partial charge in [0.05, 0.1) is 12.3 Å². The van der Waals surface area contributed by atoms with Gasteiger partial charge in [0.15, 0.2) is 0 Å². The molecule has 0 amide bonds. The van der Waals surface area contributed by atoms with Crippen LogP contribution in [0.5, 0.6) is 0 Å². The number of carbonyl (C=O) groups excluding carboxylic acids is 1. The van der Waals surface area contributed by atoms with Gasteiger partial charge in [-0.1, -0.05) is 32.6 Å². The van der Waals surface area contributed by atoms with Crippen molar-refractivity contribution in [2.45, 2.75) is 46.0 Å². The Hall–Kier alpha value is -1.10. The molecule has 0 fully saturated rings. The van der Waals surface area contributed by atoms with Crippen LogP contribution in [0.4, 0.5) is 5.00 Å². The van der Waals surface area contributed by atoms with Gasteiger partial charge in [0, 0.05) is 7.05 Å². The molecule has 0 atom stereocenters. The molecule has 0 saturated heterocycles. The maximum Gasteiger partial charge on any atom is 0.343 e. The van der Waals surface area contributed by atoms with Crippen molar-refractivity contribution in [1.29, 1.82) is 0 Å². The van der Waals surface area contributed by atoms with Crippen LogP contribution in [0.3, 0.4) is 0 Å². The van der Waals surface area contributed by atoms with Gasteiger partial charge < -0.3 is 10.1 Å². The first kappa shape index (κ1) is 15.0. The number of carbonyl (C=O) groups is 1. The van der Waals surface area contributed by atoms with Crippen LogP contribution in [0.2, 0.25) is 0 Å². The molecule has 1 aromatic heterocycles. The van der Waals surface area contributed by atoms with Crippen molar-refractivity contribution < 1.29 is 9.53 Å². The minimum absolute atomic E-state index is 0.263. The summed E-state index contributed by atoms with van der Waals surface area (Å²) in [6.45, 7) is 4.52. The highest BCUT2D eigenvalue weighted by molar-refractivity contribution is 7.10. The highest BCUT2D eigenvalue weighted by atomic mass is 32.1. The van der Waals surface area contributed by atoms with Crippen molar-refractivity contribution in [3.05, 3.63) is 11.3 Å². The Kier molecular flexibility index (Phi) is 6.72. The van der Waals surface area contributed by atoms with Gasteiger partial charge in [-0.3, -0.25) is 0 Å². The van der Waals surface area contributed by atoms with Gasteiger partial charge in [0.25, 0.3) is 0 Å². The monoisotopic (exact) mass is 270 g/mol. The van der Waals surface area contributed by atoms with Crippen LogP contribution in [0, 0.1) is 6.92 Å². The number of unbranched alkanes of at least 4 members (excludes halogenated alkanes) is 4. The third-order valence-corrected chi connectivity index (χ3v) is 3.73.